The molecule has 2 aromatic rings. The highest BCUT2D eigenvalue weighted by molar-refractivity contribution is 7.99. The molecule has 1 atom stereocenters. The summed E-state index contributed by atoms with van der Waals surface area (Å²) in [4.78, 5) is 14.5. The number of benzene rings is 2. The maximum Gasteiger partial charge on any atom is 0.224 e. The standard InChI is InChI=1S/C19H19NOS/c21-19(14-15-8-4-5-9-15)20-17-12-6-7-13-18(17)22-16-10-2-1-3-11-16/h1-4,6-8,10-13,15H,5,9,14H2,(H,20,21). The Kier molecular flexibility index (Phi) is 4.96. The largest absolute Gasteiger partial charge is 0.325 e. The highest BCUT2D eigenvalue weighted by atomic mass is 32.2. The van der Waals surface area contributed by atoms with Crippen molar-refractivity contribution in [1.82, 2.24) is 0 Å². The molecule has 0 radical (unpaired) electrons. The van der Waals surface area contributed by atoms with Gasteiger partial charge in [0.2, 0.25) is 5.91 Å². The Morgan fingerprint density at radius 3 is 2.64 bits per heavy atom. The normalized spacial score (nSPS) is 16.6. The van der Waals surface area contributed by atoms with Gasteiger partial charge in [0.15, 0.2) is 0 Å². The van der Waals surface area contributed by atoms with Crippen LogP contribution in [0.15, 0.2) is 76.5 Å². The molecule has 2 nitrogen and oxygen atoms in total. The number of amides is 1. The Morgan fingerprint density at radius 2 is 1.86 bits per heavy atom. The quantitative estimate of drug-likeness (QED) is 0.775. The topological polar surface area (TPSA) is 29.1 Å². The summed E-state index contributed by atoms with van der Waals surface area (Å²) >= 11 is 1.67. The SMILES string of the molecule is O=C(CC1C=CCC1)Nc1ccccc1Sc1ccccc1. The van der Waals surface area contributed by atoms with Gasteiger partial charge >= 0.3 is 0 Å². The third-order valence-electron chi connectivity index (χ3n) is 3.69. The molecule has 3 heteroatoms. The van der Waals surface area contributed by atoms with Crippen molar-refractivity contribution in [2.24, 2.45) is 5.92 Å². The molecule has 2 aromatic carbocycles. The zero-order chi connectivity index (χ0) is 15.2. The van der Waals surface area contributed by atoms with Gasteiger partial charge in [-0.05, 0) is 43.0 Å². The first-order chi connectivity index (χ1) is 10.8. The second kappa shape index (κ2) is 7.32. The van der Waals surface area contributed by atoms with Gasteiger partial charge in [-0.1, -0.05) is 54.2 Å². The summed E-state index contributed by atoms with van der Waals surface area (Å²) in [5.41, 5.74) is 0.892. The lowest BCUT2D eigenvalue weighted by molar-refractivity contribution is -0.116. The molecule has 112 valence electrons. The Balaban J connectivity index is 1.68. The van der Waals surface area contributed by atoms with Gasteiger partial charge < -0.3 is 5.32 Å². The second-order valence-electron chi connectivity index (χ2n) is 5.43. The van der Waals surface area contributed by atoms with E-state index in [1.54, 1.807) is 11.8 Å². The van der Waals surface area contributed by atoms with E-state index in [2.05, 4.69) is 29.6 Å². The minimum atomic E-state index is 0.0951. The molecule has 22 heavy (non-hydrogen) atoms. The predicted molar refractivity (Wildman–Crippen MR) is 92.1 cm³/mol. The van der Waals surface area contributed by atoms with Crippen LogP contribution >= 0.6 is 11.8 Å². The number of hydrogen-bond acceptors (Lipinski definition) is 2. The Morgan fingerprint density at radius 1 is 1.09 bits per heavy atom. The molecule has 0 saturated heterocycles. The molecule has 0 fully saturated rings. The van der Waals surface area contributed by atoms with Crippen LogP contribution in [0.4, 0.5) is 5.69 Å². The average Bonchev–Trinajstić information content (AvgIpc) is 3.03. The van der Waals surface area contributed by atoms with Gasteiger partial charge in [0, 0.05) is 16.2 Å². The number of hydrogen-bond donors (Lipinski definition) is 1. The van der Waals surface area contributed by atoms with E-state index in [0.717, 1.165) is 23.4 Å². The van der Waals surface area contributed by atoms with E-state index in [1.165, 1.54) is 4.90 Å². The van der Waals surface area contributed by atoms with Gasteiger partial charge in [-0.15, -0.1) is 0 Å². The molecule has 0 aromatic heterocycles. The number of carbonyl (C=O) groups is 1. The highest BCUT2D eigenvalue weighted by Crippen LogP contribution is 2.33. The highest BCUT2D eigenvalue weighted by Gasteiger charge is 2.15. The fraction of sp³-hybridized carbons (Fsp3) is 0.211. The van der Waals surface area contributed by atoms with Crippen molar-refractivity contribution in [1.29, 1.82) is 0 Å². The van der Waals surface area contributed by atoms with Crippen LogP contribution in [-0.4, -0.2) is 5.91 Å². The van der Waals surface area contributed by atoms with Crippen molar-refractivity contribution in [3.63, 3.8) is 0 Å². The minimum absolute atomic E-state index is 0.0951. The molecule has 1 unspecified atom stereocenters. The predicted octanol–water partition coefficient (Wildman–Crippen LogP) is 5.13. The molecule has 0 aliphatic heterocycles. The van der Waals surface area contributed by atoms with Crippen LogP contribution in [-0.2, 0) is 4.79 Å². The second-order valence-corrected chi connectivity index (χ2v) is 6.54. The van der Waals surface area contributed by atoms with E-state index in [-0.39, 0.29) is 5.91 Å². The Hall–Kier alpha value is -2.00. The summed E-state index contributed by atoms with van der Waals surface area (Å²) in [6.45, 7) is 0. The molecule has 0 bridgehead atoms. The number of allylic oxidation sites excluding steroid dienone is 2. The fourth-order valence-corrected chi connectivity index (χ4v) is 3.50. The fourth-order valence-electron chi connectivity index (χ4n) is 2.58. The van der Waals surface area contributed by atoms with Crippen LogP contribution in [0.5, 0.6) is 0 Å². The molecule has 3 rings (SSSR count). The van der Waals surface area contributed by atoms with Crippen molar-refractivity contribution in [2.45, 2.75) is 29.1 Å². The van der Waals surface area contributed by atoms with Crippen molar-refractivity contribution >= 4 is 23.4 Å². The molecule has 0 saturated carbocycles. The molecule has 0 heterocycles. The third-order valence-corrected chi connectivity index (χ3v) is 4.78. The Bertz CT molecular complexity index is 666. The van der Waals surface area contributed by atoms with E-state index >= 15 is 0 Å². The molecule has 0 spiro atoms. The summed E-state index contributed by atoms with van der Waals surface area (Å²) in [5, 5.41) is 3.06. The van der Waals surface area contributed by atoms with Crippen molar-refractivity contribution in [3.8, 4) is 0 Å². The summed E-state index contributed by atoms with van der Waals surface area (Å²) in [6.07, 6.45) is 7.08. The van der Waals surface area contributed by atoms with Gasteiger partial charge in [-0.3, -0.25) is 4.79 Å². The first-order valence-electron chi connectivity index (χ1n) is 7.60. The van der Waals surface area contributed by atoms with Gasteiger partial charge in [0.05, 0.1) is 5.69 Å². The summed E-state index contributed by atoms with van der Waals surface area (Å²) in [5.74, 6) is 0.492. The number of anilines is 1. The van der Waals surface area contributed by atoms with E-state index in [9.17, 15) is 4.79 Å². The number of nitrogens with one attached hydrogen (secondary N) is 1. The summed E-state index contributed by atoms with van der Waals surface area (Å²) in [6, 6.07) is 18.2. The zero-order valence-electron chi connectivity index (χ0n) is 12.4. The minimum Gasteiger partial charge on any atom is -0.325 e. The molecular weight excluding hydrogens is 290 g/mol. The van der Waals surface area contributed by atoms with Crippen LogP contribution in [0.3, 0.4) is 0 Å². The monoisotopic (exact) mass is 309 g/mol. The Labute approximate surface area is 135 Å². The van der Waals surface area contributed by atoms with Crippen LogP contribution in [0.1, 0.15) is 19.3 Å². The lowest BCUT2D eigenvalue weighted by Gasteiger charge is -2.12. The first-order valence-corrected chi connectivity index (χ1v) is 8.41. The average molecular weight is 309 g/mol. The maximum absolute atomic E-state index is 12.2. The third kappa shape index (κ3) is 4.01. The van der Waals surface area contributed by atoms with Gasteiger partial charge in [0.1, 0.15) is 0 Å². The van der Waals surface area contributed by atoms with Crippen LogP contribution in [0.2, 0.25) is 0 Å². The van der Waals surface area contributed by atoms with Crippen LogP contribution in [0.25, 0.3) is 0 Å². The number of carbonyl (C=O) groups excluding carboxylic acids is 1. The zero-order valence-corrected chi connectivity index (χ0v) is 13.2. The number of rotatable bonds is 5. The maximum atomic E-state index is 12.2. The van der Waals surface area contributed by atoms with Gasteiger partial charge in [-0.25, -0.2) is 0 Å². The van der Waals surface area contributed by atoms with E-state index < -0.39 is 0 Å². The summed E-state index contributed by atoms with van der Waals surface area (Å²) in [7, 11) is 0. The summed E-state index contributed by atoms with van der Waals surface area (Å²) < 4.78 is 0. The molecule has 1 aliphatic carbocycles. The molecule has 1 aliphatic rings. The molecule has 1 N–H and O–H groups in total. The number of para-hydroxylation sites is 1. The van der Waals surface area contributed by atoms with E-state index in [4.69, 9.17) is 0 Å². The van der Waals surface area contributed by atoms with Gasteiger partial charge in [-0.2, -0.15) is 0 Å². The smallest absolute Gasteiger partial charge is 0.224 e. The van der Waals surface area contributed by atoms with Crippen LogP contribution < -0.4 is 5.32 Å². The molecule has 1 amide bonds. The van der Waals surface area contributed by atoms with Crippen molar-refractivity contribution in [2.75, 3.05) is 5.32 Å². The van der Waals surface area contributed by atoms with E-state index in [0.29, 0.717) is 12.3 Å². The first kappa shape index (κ1) is 14.9. The van der Waals surface area contributed by atoms with Crippen molar-refractivity contribution < 1.29 is 4.79 Å². The van der Waals surface area contributed by atoms with Crippen LogP contribution in [0, 0.1) is 5.92 Å². The lowest BCUT2D eigenvalue weighted by atomic mass is 10.1. The lowest BCUT2D eigenvalue weighted by Crippen LogP contribution is -2.15. The van der Waals surface area contributed by atoms with E-state index in [1.807, 2.05) is 42.5 Å². The van der Waals surface area contributed by atoms with Crippen molar-refractivity contribution in [3.05, 3.63) is 66.7 Å². The molecular formula is C19H19NOS. The van der Waals surface area contributed by atoms with Gasteiger partial charge in [0.25, 0.3) is 0 Å².